The van der Waals surface area contributed by atoms with Gasteiger partial charge in [0.2, 0.25) is 0 Å². The number of para-hydroxylation sites is 1. The van der Waals surface area contributed by atoms with E-state index in [2.05, 4.69) is 0 Å². The van der Waals surface area contributed by atoms with Crippen molar-refractivity contribution < 1.29 is 14.3 Å². The highest BCUT2D eigenvalue weighted by Crippen LogP contribution is 2.15. The lowest BCUT2D eigenvalue weighted by molar-refractivity contribution is 0.193. The van der Waals surface area contributed by atoms with Gasteiger partial charge in [-0.1, -0.05) is 18.2 Å². The van der Waals surface area contributed by atoms with E-state index in [9.17, 15) is 9.59 Å². The first-order valence-electron chi connectivity index (χ1n) is 4.95. The van der Waals surface area contributed by atoms with Crippen molar-refractivity contribution >= 4 is 12.1 Å². The lowest BCUT2D eigenvalue weighted by Crippen LogP contribution is -2.36. The minimum Gasteiger partial charge on any atom is -0.410 e. The molecule has 6 nitrogen and oxygen atoms in total. The minimum atomic E-state index is -0.857. The van der Waals surface area contributed by atoms with E-state index in [0.717, 1.165) is 0 Å². The third kappa shape index (κ3) is 2.72. The third-order valence-electron chi connectivity index (χ3n) is 2.18. The molecule has 1 heterocycles. The van der Waals surface area contributed by atoms with Gasteiger partial charge in [0.1, 0.15) is 11.8 Å². The molecule has 0 aromatic heterocycles. The fourth-order valence-corrected chi connectivity index (χ4v) is 1.25. The fraction of sp³-hybridized carbons (Fsp3) is 0.182. The number of hydrogen-bond donors (Lipinski definition) is 1. The maximum Gasteiger partial charge on any atom is 0.420 e. The third-order valence-corrected chi connectivity index (χ3v) is 2.18. The van der Waals surface area contributed by atoms with Crippen LogP contribution in [-0.4, -0.2) is 29.6 Å². The van der Waals surface area contributed by atoms with E-state index < -0.39 is 18.2 Å². The molecule has 1 aliphatic heterocycles. The zero-order valence-corrected chi connectivity index (χ0v) is 8.79. The maximum absolute atomic E-state index is 11.3. The molecule has 17 heavy (non-hydrogen) atoms. The number of nitriles is 1. The van der Waals surface area contributed by atoms with Crippen molar-refractivity contribution in [3.63, 3.8) is 0 Å². The van der Waals surface area contributed by atoms with Gasteiger partial charge in [0.05, 0.1) is 12.6 Å². The predicted octanol–water partition coefficient (Wildman–Crippen LogP) is 1.10. The van der Waals surface area contributed by atoms with Crippen LogP contribution in [0.4, 0.5) is 9.59 Å². The smallest absolute Gasteiger partial charge is 0.410 e. The molecular formula is C11H9N3O3. The fourth-order valence-electron chi connectivity index (χ4n) is 1.25. The molecule has 86 valence electrons. The second-order valence-corrected chi connectivity index (χ2v) is 3.43. The zero-order chi connectivity index (χ0) is 12.3. The zero-order valence-electron chi connectivity index (χ0n) is 8.79. The Labute approximate surface area is 97.4 Å². The molecule has 0 bridgehead atoms. The number of amides is 3. The van der Waals surface area contributed by atoms with Gasteiger partial charge in [-0.15, -0.1) is 0 Å². The first-order chi connectivity index (χ1) is 8.20. The molecular weight excluding hydrogens is 222 g/mol. The number of carbonyl (C=O) groups excluding carboxylic acids is 2. The van der Waals surface area contributed by atoms with Crippen LogP contribution in [0, 0.1) is 11.3 Å². The van der Waals surface area contributed by atoms with Gasteiger partial charge >= 0.3 is 12.1 Å². The van der Waals surface area contributed by atoms with Crippen LogP contribution in [0.1, 0.15) is 0 Å². The van der Waals surface area contributed by atoms with E-state index in [1.165, 1.54) is 4.90 Å². The van der Waals surface area contributed by atoms with Crippen LogP contribution in [0.3, 0.4) is 0 Å². The Kier molecular flexibility index (Phi) is 2.92. The summed E-state index contributed by atoms with van der Waals surface area (Å²) < 4.78 is 4.85. The van der Waals surface area contributed by atoms with Gasteiger partial charge in [0, 0.05) is 0 Å². The van der Waals surface area contributed by atoms with Crippen molar-refractivity contribution in [2.75, 3.05) is 6.54 Å². The van der Waals surface area contributed by atoms with Gasteiger partial charge in [-0.3, -0.25) is 0 Å². The molecule has 1 saturated heterocycles. The van der Waals surface area contributed by atoms with Gasteiger partial charge < -0.3 is 9.64 Å². The molecule has 1 aliphatic rings. The highest BCUT2D eigenvalue weighted by atomic mass is 16.6. The van der Waals surface area contributed by atoms with E-state index >= 15 is 0 Å². The quantitative estimate of drug-likeness (QED) is 0.734. The standard InChI is InChI=1S/C11H9N3O3/c12-6-8-7-14(8)10(15)13-11(16)17-9-4-2-1-3-5-9/h1-5,8H,7H2,(H,13,15,16). The van der Waals surface area contributed by atoms with Gasteiger partial charge in [-0.2, -0.15) is 5.26 Å². The summed E-state index contributed by atoms with van der Waals surface area (Å²) in [4.78, 5) is 23.9. The van der Waals surface area contributed by atoms with Crippen LogP contribution >= 0.6 is 0 Å². The molecule has 0 aliphatic carbocycles. The molecule has 1 unspecified atom stereocenters. The van der Waals surface area contributed by atoms with E-state index in [1.807, 2.05) is 11.4 Å². The van der Waals surface area contributed by atoms with Crippen LogP contribution in [0.2, 0.25) is 0 Å². The Balaban J connectivity index is 1.83. The predicted molar refractivity (Wildman–Crippen MR) is 57.1 cm³/mol. The number of hydrogen-bond acceptors (Lipinski definition) is 4. The Hall–Kier alpha value is -2.55. The van der Waals surface area contributed by atoms with E-state index in [-0.39, 0.29) is 0 Å². The molecule has 0 spiro atoms. The average Bonchev–Trinajstić information content (AvgIpc) is 3.09. The number of ether oxygens (including phenoxy) is 1. The monoisotopic (exact) mass is 231 g/mol. The highest BCUT2D eigenvalue weighted by Gasteiger charge is 2.39. The van der Waals surface area contributed by atoms with Crippen molar-refractivity contribution in [3.05, 3.63) is 30.3 Å². The van der Waals surface area contributed by atoms with Gasteiger partial charge in [-0.25, -0.2) is 14.9 Å². The minimum absolute atomic E-state index is 0.348. The summed E-state index contributed by atoms with van der Waals surface area (Å²) in [6, 6.07) is 9.25. The number of imide groups is 1. The molecule has 0 radical (unpaired) electrons. The van der Waals surface area contributed by atoms with Crippen molar-refractivity contribution in [3.8, 4) is 11.8 Å². The summed E-state index contributed by atoms with van der Waals surface area (Å²) in [6.07, 6.45) is -0.857. The summed E-state index contributed by atoms with van der Waals surface area (Å²) >= 11 is 0. The average molecular weight is 231 g/mol. The lowest BCUT2D eigenvalue weighted by atomic mass is 10.3. The summed E-state index contributed by atoms with van der Waals surface area (Å²) in [5.74, 6) is 0.348. The second-order valence-electron chi connectivity index (χ2n) is 3.43. The van der Waals surface area contributed by atoms with Crippen molar-refractivity contribution in [2.24, 2.45) is 0 Å². The number of nitrogens with zero attached hydrogens (tertiary/aromatic N) is 2. The Morgan fingerprint density at radius 1 is 1.41 bits per heavy atom. The molecule has 1 fully saturated rings. The molecule has 1 aromatic rings. The SMILES string of the molecule is N#CC1CN1C(=O)NC(=O)Oc1ccccc1. The molecule has 0 saturated carbocycles. The molecule has 2 rings (SSSR count). The Morgan fingerprint density at radius 2 is 2.12 bits per heavy atom. The number of nitrogens with one attached hydrogen (secondary N) is 1. The maximum atomic E-state index is 11.3. The van der Waals surface area contributed by atoms with Crippen LogP contribution in [0.25, 0.3) is 0 Å². The Bertz CT molecular complexity index is 480. The van der Waals surface area contributed by atoms with Crippen LogP contribution in [0.15, 0.2) is 30.3 Å². The molecule has 3 amide bonds. The van der Waals surface area contributed by atoms with E-state index in [4.69, 9.17) is 10.00 Å². The van der Waals surface area contributed by atoms with Crippen LogP contribution < -0.4 is 10.1 Å². The summed E-state index contributed by atoms with van der Waals surface area (Å²) in [5.41, 5.74) is 0. The highest BCUT2D eigenvalue weighted by molar-refractivity contribution is 5.93. The second kappa shape index (κ2) is 4.53. The first-order valence-corrected chi connectivity index (χ1v) is 4.95. The summed E-state index contributed by atoms with van der Waals surface area (Å²) in [7, 11) is 0. The number of benzene rings is 1. The molecule has 1 aromatic carbocycles. The van der Waals surface area contributed by atoms with Gasteiger partial charge in [-0.05, 0) is 12.1 Å². The first kappa shape index (κ1) is 11.0. The largest absolute Gasteiger partial charge is 0.420 e. The molecule has 1 N–H and O–H groups in total. The van der Waals surface area contributed by atoms with Gasteiger partial charge in [0.25, 0.3) is 0 Å². The van der Waals surface area contributed by atoms with E-state index in [1.54, 1.807) is 30.3 Å². The summed E-state index contributed by atoms with van der Waals surface area (Å²) in [5, 5.41) is 10.5. The molecule has 6 heteroatoms. The number of urea groups is 1. The normalized spacial score (nSPS) is 16.9. The van der Waals surface area contributed by atoms with E-state index in [0.29, 0.717) is 12.3 Å². The van der Waals surface area contributed by atoms with Crippen LogP contribution in [-0.2, 0) is 0 Å². The topological polar surface area (TPSA) is 82.2 Å². The number of carbonyl (C=O) groups is 2. The number of rotatable bonds is 1. The molecule has 1 atom stereocenters. The van der Waals surface area contributed by atoms with Crippen molar-refractivity contribution in [2.45, 2.75) is 6.04 Å². The lowest BCUT2D eigenvalue weighted by Gasteiger charge is -2.05. The Morgan fingerprint density at radius 3 is 2.71 bits per heavy atom. The van der Waals surface area contributed by atoms with Crippen molar-refractivity contribution in [1.29, 1.82) is 5.26 Å². The van der Waals surface area contributed by atoms with Crippen molar-refractivity contribution in [1.82, 2.24) is 10.2 Å². The van der Waals surface area contributed by atoms with Crippen LogP contribution in [0.5, 0.6) is 5.75 Å². The summed E-state index contributed by atoms with van der Waals surface area (Å²) in [6.45, 7) is 0.348. The van der Waals surface area contributed by atoms with Gasteiger partial charge in [0.15, 0.2) is 0 Å².